The molecule has 2 aromatic rings. The minimum atomic E-state index is -1.35. The van der Waals surface area contributed by atoms with Crippen LogP contribution in [0.5, 0.6) is 5.75 Å². The lowest BCUT2D eigenvalue weighted by atomic mass is 9.89. The van der Waals surface area contributed by atoms with Crippen molar-refractivity contribution in [1.82, 2.24) is 4.90 Å². The molecule has 48 heavy (non-hydrogen) atoms. The number of nitrogens with one attached hydrogen (secondary N) is 1. The average molecular weight is 664 g/mol. The van der Waals surface area contributed by atoms with E-state index in [-0.39, 0.29) is 11.6 Å². The number of benzene rings is 2. The molecule has 0 saturated carbocycles. The van der Waals surface area contributed by atoms with Gasteiger partial charge in [-0.1, -0.05) is 85.3 Å². The Morgan fingerprint density at radius 2 is 1.40 bits per heavy atom. The van der Waals surface area contributed by atoms with E-state index < -0.39 is 17.7 Å². The second kappa shape index (κ2) is 18.8. The molecule has 1 fully saturated rings. The van der Waals surface area contributed by atoms with Crippen LogP contribution in [0.1, 0.15) is 112 Å². The molecule has 0 aliphatic carbocycles. The second-order valence-corrected chi connectivity index (χ2v) is 14.3. The number of carbonyl (C=O) groups is 2. The van der Waals surface area contributed by atoms with E-state index in [0.717, 1.165) is 74.1 Å². The van der Waals surface area contributed by atoms with Gasteiger partial charge in [0.05, 0.1) is 6.61 Å². The van der Waals surface area contributed by atoms with Crippen molar-refractivity contribution in [3.63, 3.8) is 0 Å². The lowest BCUT2D eigenvalue weighted by Gasteiger charge is -2.41. The third kappa shape index (κ3) is 11.8. The Hall–Kier alpha value is -3.68. The molecule has 266 valence electrons. The van der Waals surface area contributed by atoms with Crippen LogP contribution in [0.25, 0.3) is 0 Å². The van der Waals surface area contributed by atoms with E-state index in [0.29, 0.717) is 30.8 Å². The number of rotatable bonds is 20. The van der Waals surface area contributed by atoms with Gasteiger partial charge in [0.25, 0.3) is 5.79 Å². The molecule has 1 N–H and O–H groups in total. The highest BCUT2D eigenvalue weighted by Gasteiger charge is 2.43. The summed E-state index contributed by atoms with van der Waals surface area (Å²) in [6, 6.07) is 16.2. The van der Waals surface area contributed by atoms with Crippen LogP contribution in [0, 0.1) is 11.8 Å². The number of ether oxygens (including phenoxy) is 3. The number of esters is 2. The van der Waals surface area contributed by atoms with Crippen LogP contribution in [0.3, 0.4) is 0 Å². The topological polar surface area (TPSA) is 80.3 Å². The van der Waals surface area contributed by atoms with E-state index in [2.05, 4.69) is 57.0 Å². The molecule has 2 unspecified atom stereocenters. The predicted octanol–water partition coefficient (Wildman–Crippen LogP) is 9.30. The first-order valence-electron chi connectivity index (χ1n) is 18.1. The Morgan fingerprint density at radius 3 is 1.94 bits per heavy atom. The maximum absolute atomic E-state index is 13.7. The predicted molar refractivity (Wildman–Crippen MR) is 196 cm³/mol. The van der Waals surface area contributed by atoms with Crippen molar-refractivity contribution in [1.29, 1.82) is 0 Å². The second-order valence-electron chi connectivity index (χ2n) is 14.3. The molecule has 1 heterocycles. The van der Waals surface area contributed by atoms with E-state index >= 15 is 0 Å². The van der Waals surface area contributed by atoms with Crippen LogP contribution in [0.2, 0.25) is 0 Å². The fourth-order valence-corrected chi connectivity index (χ4v) is 6.03. The van der Waals surface area contributed by atoms with Crippen LogP contribution >= 0.6 is 0 Å². The van der Waals surface area contributed by atoms with Gasteiger partial charge >= 0.3 is 11.9 Å². The largest absolute Gasteiger partial charge is 0.494 e. The normalized spacial score (nSPS) is 15.4. The number of anilines is 2. The zero-order chi connectivity index (χ0) is 35.3. The first kappa shape index (κ1) is 38.8. The Kier molecular flexibility index (Phi) is 15.1. The van der Waals surface area contributed by atoms with Gasteiger partial charge in [0.1, 0.15) is 11.6 Å². The number of cyclic esters (lactones) is 2. The molecular formula is C40H61N3O5. The summed E-state index contributed by atoms with van der Waals surface area (Å²) in [5.74, 6) is -0.601. The van der Waals surface area contributed by atoms with Gasteiger partial charge in [-0.05, 0) is 73.1 Å². The molecule has 8 heteroatoms. The monoisotopic (exact) mass is 663 g/mol. The SMILES string of the molecule is CCCCCC(C)C(CCCCC)N(Cc1ccc(OCCC(C)C)cc1)C(Nc1ccc(N(C)C)cc1)=C1C(=O)OC(C)(C)OC1=O. The third-order valence-electron chi connectivity index (χ3n) is 8.92. The molecule has 0 aromatic heterocycles. The molecule has 0 bridgehead atoms. The maximum atomic E-state index is 13.7. The van der Waals surface area contributed by atoms with E-state index in [1.165, 1.54) is 6.42 Å². The number of unbranched alkanes of at least 4 members (excludes halogenated alkanes) is 4. The Bertz CT molecular complexity index is 1300. The van der Waals surface area contributed by atoms with E-state index in [1.807, 2.05) is 55.4 Å². The standard InChI is InChI=1S/C40H61N3O5/c1-10-12-14-16-30(5)35(17-15-13-11-2)43(28-31-18-24-34(25-19-31)46-27-26-29(3)4)37(36-38(44)47-40(6,7)48-39(36)45)41-32-20-22-33(23-21-32)42(8)9/h18-25,29-30,35,41H,10-17,26-28H2,1-9H3. The smallest absolute Gasteiger partial charge is 0.352 e. The van der Waals surface area contributed by atoms with Crippen molar-refractivity contribution in [3.05, 3.63) is 65.5 Å². The van der Waals surface area contributed by atoms with Gasteiger partial charge in [-0.2, -0.15) is 0 Å². The fourth-order valence-electron chi connectivity index (χ4n) is 6.03. The fraction of sp³-hybridized carbons (Fsp3) is 0.600. The molecule has 1 aliphatic rings. The quantitative estimate of drug-likeness (QED) is 0.0650. The summed E-state index contributed by atoms with van der Waals surface area (Å²) in [6.45, 7) is 15.4. The zero-order valence-electron chi connectivity index (χ0n) is 31.1. The summed E-state index contributed by atoms with van der Waals surface area (Å²) >= 11 is 0. The minimum Gasteiger partial charge on any atom is -0.494 e. The third-order valence-corrected chi connectivity index (χ3v) is 8.92. The summed E-state index contributed by atoms with van der Waals surface area (Å²) in [7, 11) is 3.99. The lowest BCUT2D eigenvalue weighted by Crippen LogP contribution is -2.47. The number of hydrogen-bond acceptors (Lipinski definition) is 8. The van der Waals surface area contributed by atoms with Gasteiger partial charge in [0.2, 0.25) is 0 Å². The van der Waals surface area contributed by atoms with Gasteiger partial charge in [0, 0.05) is 51.9 Å². The van der Waals surface area contributed by atoms with Crippen LogP contribution in [0.15, 0.2) is 59.9 Å². The van der Waals surface area contributed by atoms with Gasteiger partial charge in [-0.3, -0.25) is 0 Å². The molecule has 1 saturated heterocycles. The molecule has 3 rings (SSSR count). The number of nitrogens with zero attached hydrogens (tertiary/aromatic N) is 2. The Morgan fingerprint density at radius 1 is 0.812 bits per heavy atom. The highest BCUT2D eigenvalue weighted by molar-refractivity contribution is 6.16. The molecule has 1 aliphatic heterocycles. The van der Waals surface area contributed by atoms with Crippen molar-refractivity contribution in [3.8, 4) is 5.75 Å². The van der Waals surface area contributed by atoms with Gasteiger partial charge in [-0.15, -0.1) is 0 Å². The summed E-state index contributed by atoms with van der Waals surface area (Å²) in [4.78, 5) is 31.7. The first-order chi connectivity index (χ1) is 22.8. The molecule has 2 atom stereocenters. The van der Waals surface area contributed by atoms with Crippen molar-refractivity contribution in [2.75, 3.05) is 30.9 Å². The van der Waals surface area contributed by atoms with Crippen LogP contribution < -0.4 is 15.0 Å². The Labute approximate surface area is 290 Å². The summed E-state index contributed by atoms with van der Waals surface area (Å²) in [5, 5.41) is 3.53. The average Bonchev–Trinajstić information content (AvgIpc) is 3.02. The van der Waals surface area contributed by atoms with Crippen LogP contribution in [0.4, 0.5) is 11.4 Å². The number of carbonyl (C=O) groups excluding carboxylic acids is 2. The molecule has 8 nitrogen and oxygen atoms in total. The lowest BCUT2D eigenvalue weighted by molar-refractivity contribution is -0.222. The van der Waals surface area contributed by atoms with Gasteiger partial charge in [-0.25, -0.2) is 9.59 Å². The molecule has 2 aromatic carbocycles. The van der Waals surface area contributed by atoms with E-state index in [4.69, 9.17) is 14.2 Å². The van der Waals surface area contributed by atoms with Crippen molar-refractivity contribution in [2.45, 2.75) is 125 Å². The zero-order valence-corrected chi connectivity index (χ0v) is 31.1. The van der Waals surface area contributed by atoms with Crippen molar-refractivity contribution >= 4 is 23.3 Å². The summed E-state index contributed by atoms with van der Waals surface area (Å²) < 4.78 is 17.4. The highest BCUT2D eigenvalue weighted by atomic mass is 16.7. The Balaban J connectivity index is 2.16. The first-order valence-corrected chi connectivity index (χ1v) is 18.1. The van der Waals surface area contributed by atoms with Gasteiger partial charge < -0.3 is 29.3 Å². The van der Waals surface area contributed by atoms with Gasteiger partial charge in [0.15, 0.2) is 5.57 Å². The summed E-state index contributed by atoms with van der Waals surface area (Å²) in [5.41, 5.74) is 2.75. The van der Waals surface area contributed by atoms with Crippen LogP contribution in [-0.2, 0) is 25.6 Å². The van der Waals surface area contributed by atoms with Crippen molar-refractivity contribution in [2.24, 2.45) is 11.8 Å². The van der Waals surface area contributed by atoms with Crippen molar-refractivity contribution < 1.29 is 23.8 Å². The minimum absolute atomic E-state index is 0.0435. The highest BCUT2D eigenvalue weighted by Crippen LogP contribution is 2.34. The molecular weight excluding hydrogens is 602 g/mol. The number of hydrogen-bond donors (Lipinski definition) is 1. The molecule has 0 spiro atoms. The molecule has 0 radical (unpaired) electrons. The van der Waals surface area contributed by atoms with Crippen LogP contribution in [-0.4, -0.2) is 49.4 Å². The van der Waals surface area contributed by atoms with E-state index in [1.54, 1.807) is 13.8 Å². The maximum Gasteiger partial charge on any atom is 0.352 e. The van der Waals surface area contributed by atoms with E-state index in [9.17, 15) is 9.59 Å². The molecule has 0 amide bonds. The summed E-state index contributed by atoms with van der Waals surface area (Å²) in [6.07, 6.45) is 9.66.